The molecule has 1 unspecified atom stereocenters. The lowest BCUT2D eigenvalue weighted by Gasteiger charge is -2.07. The number of carbonyl (C=O) groups excluding carboxylic acids is 1. The van der Waals surface area contributed by atoms with E-state index in [1.807, 2.05) is 9.97 Å². The highest BCUT2D eigenvalue weighted by Crippen LogP contribution is 1.98. The highest BCUT2D eigenvalue weighted by atomic mass is 16.6. The zero-order valence-electron chi connectivity index (χ0n) is 13.1. The van der Waals surface area contributed by atoms with Crippen molar-refractivity contribution in [1.29, 1.82) is 0 Å². The van der Waals surface area contributed by atoms with Gasteiger partial charge in [0, 0.05) is 18.5 Å². The van der Waals surface area contributed by atoms with E-state index in [4.69, 9.17) is 9.47 Å². The molecule has 26 heavy (non-hydrogen) atoms. The molecule has 0 aromatic carbocycles. The minimum Gasteiger partial charge on any atom is -0.457 e. The monoisotopic (exact) mass is 366 g/mol. The second-order valence-electron chi connectivity index (χ2n) is 4.86. The van der Waals surface area contributed by atoms with E-state index in [1.54, 1.807) is 0 Å². The molecular formula is C14H14N4O8. The van der Waals surface area contributed by atoms with Crippen molar-refractivity contribution in [2.24, 2.45) is 0 Å². The van der Waals surface area contributed by atoms with E-state index >= 15 is 0 Å². The minimum absolute atomic E-state index is 0.0282. The third kappa shape index (κ3) is 5.54. The molecule has 2 heterocycles. The number of aliphatic hydroxyl groups excluding tert-OH is 1. The molecule has 0 fully saturated rings. The molecule has 1 atom stereocenters. The smallest absolute Gasteiger partial charge is 0.330 e. The van der Waals surface area contributed by atoms with Crippen molar-refractivity contribution in [3.05, 3.63) is 77.3 Å². The number of nitrogens with one attached hydrogen (secondary N) is 4. The summed E-state index contributed by atoms with van der Waals surface area (Å²) in [5, 5.41) is 9.57. The van der Waals surface area contributed by atoms with Gasteiger partial charge in [-0.05, 0) is 6.08 Å². The highest BCUT2D eigenvalue weighted by molar-refractivity contribution is 5.81. The molecular weight excluding hydrogens is 352 g/mol. The van der Waals surface area contributed by atoms with E-state index in [0.717, 1.165) is 24.5 Å². The van der Waals surface area contributed by atoms with Gasteiger partial charge in [0.1, 0.15) is 6.61 Å². The summed E-state index contributed by atoms with van der Waals surface area (Å²) in [7, 11) is 0. The molecule has 0 saturated carbocycles. The Morgan fingerprint density at radius 1 is 1.00 bits per heavy atom. The quantitative estimate of drug-likeness (QED) is 0.203. The van der Waals surface area contributed by atoms with Gasteiger partial charge in [0.2, 0.25) is 0 Å². The Labute approximate surface area is 143 Å². The number of aromatic nitrogens is 4. The Morgan fingerprint density at radius 2 is 1.54 bits per heavy atom. The van der Waals surface area contributed by atoms with Crippen molar-refractivity contribution in [3.8, 4) is 0 Å². The highest BCUT2D eigenvalue weighted by Gasteiger charge is 2.07. The summed E-state index contributed by atoms with van der Waals surface area (Å²) in [6.07, 6.45) is 2.54. The van der Waals surface area contributed by atoms with Crippen LogP contribution in [0.5, 0.6) is 0 Å². The van der Waals surface area contributed by atoms with Gasteiger partial charge in [0.05, 0.1) is 17.7 Å². The van der Waals surface area contributed by atoms with Crippen LogP contribution >= 0.6 is 0 Å². The predicted molar refractivity (Wildman–Crippen MR) is 85.1 cm³/mol. The van der Waals surface area contributed by atoms with Crippen LogP contribution in [-0.2, 0) is 27.5 Å². The SMILES string of the molecule is O=C(/C=C/C(O)OCc1c[nH]c(=O)[nH]c1=O)OCc1c[nH]c(=O)[nH]c1=O. The third-order valence-electron chi connectivity index (χ3n) is 2.97. The molecule has 0 saturated heterocycles. The van der Waals surface area contributed by atoms with Crippen LogP contribution in [0.2, 0.25) is 0 Å². The van der Waals surface area contributed by atoms with E-state index < -0.39 is 34.8 Å². The maximum atomic E-state index is 11.5. The molecule has 2 aromatic heterocycles. The fourth-order valence-corrected chi connectivity index (χ4v) is 1.68. The largest absolute Gasteiger partial charge is 0.457 e. The summed E-state index contributed by atoms with van der Waals surface area (Å²) < 4.78 is 9.68. The number of hydrogen-bond acceptors (Lipinski definition) is 8. The van der Waals surface area contributed by atoms with Crippen LogP contribution in [0.1, 0.15) is 11.1 Å². The van der Waals surface area contributed by atoms with Crippen molar-refractivity contribution in [2.45, 2.75) is 19.5 Å². The first-order valence-electron chi connectivity index (χ1n) is 7.11. The molecule has 0 bridgehead atoms. The Bertz CT molecular complexity index is 1030. The molecule has 5 N–H and O–H groups in total. The summed E-state index contributed by atoms with van der Waals surface area (Å²) in [4.78, 5) is 64.4. The predicted octanol–water partition coefficient (Wildman–Crippen LogP) is -2.43. The van der Waals surface area contributed by atoms with E-state index in [1.165, 1.54) is 0 Å². The van der Waals surface area contributed by atoms with E-state index in [9.17, 15) is 29.1 Å². The average molecular weight is 366 g/mol. The zero-order valence-corrected chi connectivity index (χ0v) is 13.1. The fourth-order valence-electron chi connectivity index (χ4n) is 1.68. The Morgan fingerprint density at radius 3 is 2.08 bits per heavy atom. The van der Waals surface area contributed by atoms with Crippen LogP contribution in [0.15, 0.2) is 43.7 Å². The lowest BCUT2D eigenvalue weighted by atomic mass is 10.3. The second kappa shape index (κ2) is 8.55. The van der Waals surface area contributed by atoms with Crippen molar-refractivity contribution in [1.82, 2.24) is 19.9 Å². The Kier molecular flexibility index (Phi) is 6.19. The summed E-state index contributed by atoms with van der Waals surface area (Å²) in [5.41, 5.74) is -2.64. The lowest BCUT2D eigenvalue weighted by Crippen LogP contribution is -2.25. The Hall–Kier alpha value is -3.51. The minimum atomic E-state index is -1.52. The molecule has 2 aromatic rings. The summed E-state index contributed by atoms with van der Waals surface area (Å²) in [6, 6.07) is 0. The average Bonchev–Trinajstić information content (AvgIpc) is 2.58. The molecule has 0 aliphatic heterocycles. The summed E-state index contributed by atoms with van der Waals surface area (Å²) >= 11 is 0. The molecule has 12 heteroatoms. The second-order valence-corrected chi connectivity index (χ2v) is 4.86. The van der Waals surface area contributed by atoms with Gasteiger partial charge >= 0.3 is 17.3 Å². The summed E-state index contributed by atoms with van der Waals surface area (Å²) in [5.74, 6) is -0.875. The number of hydrogen-bond donors (Lipinski definition) is 5. The standard InChI is InChI=1S/C14H14N4O8/c19-9(25-5-7-3-15-13(23)17-11(7)21)1-2-10(20)26-6-8-4-16-14(24)18-12(8)22/h1-4,9,19H,5-6H2,(H2,15,17,21,23)(H2,16,18,22,24)/b2-1+. The fraction of sp³-hybridized carbons (Fsp3) is 0.214. The van der Waals surface area contributed by atoms with E-state index in [0.29, 0.717) is 0 Å². The van der Waals surface area contributed by atoms with Gasteiger partial charge in [0.15, 0.2) is 6.29 Å². The maximum Gasteiger partial charge on any atom is 0.330 e. The number of aliphatic hydroxyl groups is 1. The first-order chi connectivity index (χ1) is 12.3. The van der Waals surface area contributed by atoms with E-state index in [2.05, 4.69) is 9.97 Å². The molecule has 138 valence electrons. The van der Waals surface area contributed by atoms with Crippen LogP contribution in [0.3, 0.4) is 0 Å². The van der Waals surface area contributed by atoms with Crippen LogP contribution in [-0.4, -0.2) is 37.3 Å². The number of H-pyrrole nitrogens is 4. The number of esters is 1. The van der Waals surface area contributed by atoms with Gasteiger partial charge in [-0.25, -0.2) is 14.4 Å². The molecule has 2 rings (SSSR count). The first kappa shape index (κ1) is 18.8. The zero-order chi connectivity index (χ0) is 19.1. The van der Waals surface area contributed by atoms with Crippen molar-refractivity contribution in [3.63, 3.8) is 0 Å². The number of carbonyl (C=O) groups is 1. The van der Waals surface area contributed by atoms with Crippen LogP contribution in [0.4, 0.5) is 0 Å². The van der Waals surface area contributed by atoms with Gasteiger partial charge < -0.3 is 24.5 Å². The number of ether oxygens (including phenoxy) is 2. The molecule has 0 radical (unpaired) electrons. The molecule has 0 spiro atoms. The number of rotatable bonds is 7. The van der Waals surface area contributed by atoms with Crippen LogP contribution in [0.25, 0.3) is 0 Å². The molecule has 0 aliphatic rings. The van der Waals surface area contributed by atoms with Crippen LogP contribution in [0, 0.1) is 0 Å². The first-order valence-corrected chi connectivity index (χ1v) is 7.11. The maximum absolute atomic E-state index is 11.5. The third-order valence-corrected chi connectivity index (χ3v) is 2.97. The van der Waals surface area contributed by atoms with Gasteiger partial charge in [0.25, 0.3) is 11.1 Å². The Balaban J connectivity index is 1.83. The summed E-state index contributed by atoms with van der Waals surface area (Å²) in [6.45, 7) is -0.710. The number of aromatic amines is 4. The van der Waals surface area contributed by atoms with Crippen molar-refractivity contribution in [2.75, 3.05) is 0 Å². The van der Waals surface area contributed by atoms with Crippen LogP contribution < -0.4 is 22.5 Å². The molecule has 0 amide bonds. The van der Waals surface area contributed by atoms with Gasteiger partial charge in [-0.15, -0.1) is 0 Å². The topological polar surface area (TPSA) is 187 Å². The van der Waals surface area contributed by atoms with E-state index in [-0.39, 0.29) is 24.3 Å². The van der Waals surface area contributed by atoms with Gasteiger partial charge in [-0.3, -0.25) is 19.6 Å². The van der Waals surface area contributed by atoms with Gasteiger partial charge in [-0.2, -0.15) is 0 Å². The lowest BCUT2D eigenvalue weighted by molar-refractivity contribution is -0.139. The van der Waals surface area contributed by atoms with Gasteiger partial charge in [-0.1, -0.05) is 0 Å². The van der Waals surface area contributed by atoms with Crippen molar-refractivity contribution < 1.29 is 19.4 Å². The normalized spacial score (nSPS) is 12.2. The molecule has 12 nitrogen and oxygen atoms in total. The van der Waals surface area contributed by atoms with Crippen molar-refractivity contribution >= 4 is 5.97 Å². The molecule has 0 aliphatic carbocycles.